The quantitative estimate of drug-likeness (QED) is 0.462. The summed E-state index contributed by atoms with van der Waals surface area (Å²) < 4.78 is 44.4. The van der Waals surface area contributed by atoms with Gasteiger partial charge in [-0.15, -0.1) is 11.3 Å². The molecule has 10 heteroatoms. The van der Waals surface area contributed by atoms with E-state index in [4.69, 9.17) is 28.6 Å². The van der Waals surface area contributed by atoms with Gasteiger partial charge in [0.15, 0.2) is 5.11 Å². The normalized spacial score (nSPS) is 11.2. The lowest BCUT2D eigenvalue weighted by atomic mass is 10.1. The maximum atomic E-state index is 13.2. The fourth-order valence-electron chi connectivity index (χ4n) is 2.53. The fourth-order valence-corrected chi connectivity index (χ4v) is 4.11. The smallest absolute Gasteiger partial charge is 0.418 e. The molecule has 146 valence electrons. The standard InChI is InChI=1S/C17H16ClF3N2O2S2/c1-4-10-8(2)27-14(13(10)15(24)25-3)23-16(26)22-12-6-5-9(18)7-11(12)17(19,20)21/h5-7H,4H2,1-3H3,(H2,22,23,26). The molecule has 0 fully saturated rings. The Kier molecular flexibility index (Phi) is 6.72. The number of halogens is 4. The first-order valence-corrected chi connectivity index (χ1v) is 9.34. The number of benzene rings is 1. The van der Waals surface area contributed by atoms with Crippen LogP contribution in [0.1, 0.15) is 33.3 Å². The minimum absolute atomic E-state index is 0.0406. The van der Waals surface area contributed by atoms with Crippen LogP contribution in [0.25, 0.3) is 0 Å². The molecule has 2 N–H and O–H groups in total. The Morgan fingerprint density at radius 2 is 2.00 bits per heavy atom. The molecule has 1 aromatic heterocycles. The molecule has 1 aromatic carbocycles. The first-order chi connectivity index (χ1) is 12.6. The van der Waals surface area contributed by atoms with Crippen LogP contribution in [0.4, 0.5) is 23.9 Å². The largest absolute Gasteiger partial charge is 0.465 e. The molecule has 0 aliphatic carbocycles. The average molecular weight is 437 g/mol. The number of nitrogens with one attached hydrogen (secondary N) is 2. The van der Waals surface area contributed by atoms with E-state index in [0.29, 0.717) is 17.0 Å². The van der Waals surface area contributed by atoms with Gasteiger partial charge >= 0.3 is 12.1 Å². The molecule has 0 bridgehead atoms. The molecule has 2 aromatic rings. The van der Waals surface area contributed by atoms with Gasteiger partial charge < -0.3 is 15.4 Å². The van der Waals surface area contributed by atoms with Crippen molar-refractivity contribution in [2.75, 3.05) is 17.7 Å². The summed E-state index contributed by atoms with van der Waals surface area (Å²) in [6.07, 6.45) is -4.00. The second-order valence-electron chi connectivity index (χ2n) is 5.45. The van der Waals surface area contributed by atoms with Crippen LogP contribution in [0.15, 0.2) is 18.2 Å². The highest BCUT2D eigenvalue weighted by molar-refractivity contribution is 7.80. The summed E-state index contributed by atoms with van der Waals surface area (Å²) in [6, 6.07) is 3.33. The zero-order valence-corrected chi connectivity index (χ0v) is 17.0. The Hall–Kier alpha value is -1.84. The van der Waals surface area contributed by atoms with Crippen LogP contribution in [0.3, 0.4) is 0 Å². The predicted molar refractivity (Wildman–Crippen MR) is 106 cm³/mol. The van der Waals surface area contributed by atoms with E-state index in [-0.39, 0.29) is 15.8 Å². The van der Waals surface area contributed by atoms with Crippen LogP contribution in [0.2, 0.25) is 5.02 Å². The van der Waals surface area contributed by atoms with Crippen molar-refractivity contribution in [3.63, 3.8) is 0 Å². The molecule has 0 atom stereocenters. The fraction of sp³-hybridized carbons (Fsp3) is 0.294. The molecule has 0 aliphatic rings. The topological polar surface area (TPSA) is 50.4 Å². The van der Waals surface area contributed by atoms with Crippen molar-refractivity contribution in [3.8, 4) is 0 Å². The highest BCUT2D eigenvalue weighted by atomic mass is 35.5. The number of hydrogen-bond donors (Lipinski definition) is 2. The van der Waals surface area contributed by atoms with Gasteiger partial charge in [-0.25, -0.2) is 4.79 Å². The highest BCUT2D eigenvalue weighted by Crippen LogP contribution is 2.37. The van der Waals surface area contributed by atoms with E-state index < -0.39 is 17.7 Å². The SMILES string of the molecule is CCc1c(C)sc(NC(=S)Nc2ccc(Cl)cc2C(F)(F)F)c1C(=O)OC. The molecule has 0 saturated carbocycles. The molecular weight excluding hydrogens is 421 g/mol. The summed E-state index contributed by atoms with van der Waals surface area (Å²) in [5, 5.41) is 5.61. The summed E-state index contributed by atoms with van der Waals surface area (Å²) in [4.78, 5) is 13.0. The summed E-state index contributed by atoms with van der Waals surface area (Å²) >= 11 is 12.1. The Bertz CT molecular complexity index is 882. The molecule has 0 radical (unpaired) electrons. The van der Waals surface area contributed by atoms with E-state index in [9.17, 15) is 18.0 Å². The molecular formula is C17H16ClF3N2O2S2. The highest BCUT2D eigenvalue weighted by Gasteiger charge is 2.34. The van der Waals surface area contributed by atoms with Gasteiger partial charge in [0.2, 0.25) is 0 Å². The number of hydrogen-bond acceptors (Lipinski definition) is 4. The minimum Gasteiger partial charge on any atom is -0.465 e. The number of methoxy groups -OCH3 is 1. The number of carbonyl (C=O) groups excluding carboxylic acids is 1. The van der Waals surface area contributed by atoms with E-state index in [1.54, 1.807) is 0 Å². The lowest BCUT2D eigenvalue weighted by Crippen LogP contribution is -2.22. The third kappa shape index (κ3) is 4.91. The number of aryl methyl sites for hydroxylation is 1. The predicted octanol–water partition coefficient (Wildman–Crippen LogP) is 5.89. The van der Waals surface area contributed by atoms with Crippen molar-refractivity contribution in [1.82, 2.24) is 0 Å². The summed E-state index contributed by atoms with van der Waals surface area (Å²) in [5.74, 6) is -0.538. The van der Waals surface area contributed by atoms with Gasteiger partial charge in [-0.1, -0.05) is 18.5 Å². The Morgan fingerprint density at radius 3 is 2.56 bits per heavy atom. The molecule has 0 spiro atoms. The minimum atomic E-state index is -4.60. The van der Waals surface area contributed by atoms with Crippen molar-refractivity contribution in [2.45, 2.75) is 26.4 Å². The average Bonchev–Trinajstić information content (AvgIpc) is 2.89. The lowest BCUT2D eigenvalue weighted by Gasteiger charge is -2.16. The van der Waals surface area contributed by atoms with Gasteiger partial charge in [0.25, 0.3) is 0 Å². The molecule has 0 aliphatic heterocycles. The summed E-state index contributed by atoms with van der Waals surface area (Å²) in [7, 11) is 1.26. The first kappa shape index (κ1) is 21.5. The van der Waals surface area contributed by atoms with Gasteiger partial charge in [0.05, 0.1) is 23.9 Å². The number of rotatable bonds is 4. The van der Waals surface area contributed by atoms with Crippen LogP contribution in [-0.2, 0) is 17.3 Å². The molecule has 0 unspecified atom stereocenters. The number of esters is 1. The van der Waals surface area contributed by atoms with Gasteiger partial charge in [0.1, 0.15) is 5.00 Å². The van der Waals surface area contributed by atoms with Gasteiger partial charge in [-0.3, -0.25) is 0 Å². The van der Waals surface area contributed by atoms with Crippen molar-refractivity contribution in [2.24, 2.45) is 0 Å². The molecule has 27 heavy (non-hydrogen) atoms. The summed E-state index contributed by atoms with van der Waals surface area (Å²) in [5.41, 5.74) is -0.0459. The number of ether oxygens (including phenoxy) is 1. The van der Waals surface area contributed by atoms with E-state index in [2.05, 4.69) is 10.6 Å². The van der Waals surface area contributed by atoms with Crippen LogP contribution in [-0.4, -0.2) is 18.2 Å². The second kappa shape index (κ2) is 8.45. The number of thiocarbonyl (C=S) groups is 1. The number of thiophene rings is 1. The van der Waals surface area contributed by atoms with E-state index >= 15 is 0 Å². The van der Waals surface area contributed by atoms with Crippen LogP contribution in [0, 0.1) is 6.92 Å². The third-order valence-corrected chi connectivity index (χ3v) is 5.22. The van der Waals surface area contributed by atoms with Crippen molar-refractivity contribution in [3.05, 3.63) is 44.8 Å². The van der Waals surface area contributed by atoms with Crippen LogP contribution in [0.5, 0.6) is 0 Å². The molecule has 0 amide bonds. The van der Waals surface area contributed by atoms with Crippen molar-refractivity contribution >= 4 is 56.9 Å². The Balaban J connectivity index is 2.32. The van der Waals surface area contributed by atoms with E-state index in [1.807, 2.05) is 13.8 Å². The Labute approximate surface area is 168 Å². The third-order valence-electron chi connectivity index (χ3n) is 3.71. The number of anilines is 2. The summed E-state index contributed by atoms with van der Waals surface area (Å²) in [6.45, 7) is 3.74. The zero-order valence-electron chi connectivity index (χ0n) is 14.6. The van der Waals surface area contributed by atoms with E-state index in [0.717, 1.165) is 16.5 Å². The maximum absolute atomic E-state index is 13.2. The van der Waals surface area contributed by atoms with Crippen molar-refractivity contribution < 1.29 is 22.7 Å². The van der Waals surface area contributed by atoms with Crippen LogP contribution >= 0.6 is 35.2 Å². The molecule has 1 heterocycles. The van der Waals surface area contributed by atoms with Gasteiger partial charge in [0, 0.05) is 9.90 Å². The van der Waals surface area contributed by atoms with Gasteiger partial charge in [-0.2, -0.15) is 13.2 Å². The molecule has 0 saturated heterocycles. The Morgan fingerprint density at radius 1 is 1.33 bits per heavy atom. The molecule has 2 rings (SSSR count). The lowest BCUT2D eigenvalue weighted by molar-refractivity contribution is -0.136. The molecule has 4 nitrogen and oxygen atoms in total. The monoisotopic (exact) mass is 436 g/mol. The number of alkyl halides is 3. The zero-order chi connectivity index (χ0) is 20.4. The maximum Gasteiger partial charge on any atom is 0.418 e. The first-order valence-electron chi connectivity index (χ1n) is 7.73. The second-order valence-corrected chi connectivity index (χ2v) is 7.52. The number of carbonyl (C=O) groups is 1. The van der Waals surface area contributed by atoms with Crippen molar-refractivity contribution in [1.29, 1.82) is 0 Å². The van der Waals surface area contributed by atoms with E-state index in [1.165, 1.54) is 30.6 Å². The van der Waals surface area contributed by atoms with Gasteiger partial charge in [-0.05, 0) is 49.3 Å². The van der Waals surface area contributed by atoms with Crippen LogP contribution < -0.4 is 10.6 Å².